The van der Waals surface area contributed by atoms with Crippen molar-refractivity contribution in [3.8, 4) is 0 Å². The van der Waals surface area contributed by atoms with Crippen molar-refractivity contribution in [1.82, 2.24) is 9.78 Å². The molecule has 0 atom stereocenters. The third-order valence-corrected chi connectivity index (χ3v) is 2.57. The SMILES string of the molecule is COC(=O)c1ccc(F)c(Cn2ccc(C)n2)c1. The van der Waals surface area contributed by atoms with Crippen LogP contribution in [-0.2, 0) is 11.3 Å². The van der Waals surface area contributed by atoms with Gasteiger partial charge >= 0.3 is 5.97 Å². The average Bonchev–Trinajstić information content (AvgIpc) is 2.76. The van der Waals surface area contributed by atoms with Crippen LogP contribution < -0.4 is 0 Å². The van der Waals surface area contributed by atoms with Crippen molar-refractivity contribution in [1.29, 1.82) is 0 Å². The lowest BCUT2D eigenvalue weighted by Gasteiger charge is -2.06. The van der Waals surface area contributed by atoms with E-state index in [4.69, 9.17) is 0 Å². The highest BCUT2D eigenvalue weighted by Gasteiger charge is 2.10. The molecular weight excluding hydrogens is 235 g/mol. The first-order chi connectivity index (χ1) is 8.60. The molecule has 0 spiro atoms. The predicted molar refractivity (Wildman–Crippen MR) is 63.8 cm³/mol. The van der Waals surface area contributed by atoms with Crippen LogP contribution in [0.25, 0.3) is 0 Å². The van der Waals surface area contributed by atoms with Crippen LogP contribution in [0.4, 0.5) is 4.39 Å². The fraction of sp³-hybridized carbons (Fsp3) is 0.231. The number of benzene rings is 1. The number of halogens is 1. The number of carbonyl (C=O) groups excluding carboxylic acids is 1. The van der Waals surface area contributed by atoms with Crippen LogP contribution in [0.3, 0.4) is 0 Å². The fourth-order valence-corrected chi connectivity index (χ4v) is 1.67. The Hall–Kier alpha value is -2.17. The quantitative estimate of drug-likeness (QED) is 0.782. The van der Waals surface area contributed by atoms with E-state index in [9.17, 15) is 9.18 Å². The zero-order valence-electron chi connectivity index (χ0n) is 10.2. The lowest BCUT2D eigenvalue weighted by Crippen LogP contribution is -2.07. The van der Waals surface area contributed by atoms with Gasteiger partial charge in [-0.25, -0.2) is 9.18 Å². The summed E-state index contributed by atoms with van der Waals surface area (Å²) in [6.07, 6.45) is 1.76. The van der Waals surface area contributed by atoms with E-state index in [0.29, 0.717) is 11.1 Å². The topological polar surface area (TPSA) is 44.1 Å². The summed E-state index contributed by atoms with van der Waals surface area (Å²) in [6.45, 7) is 2.14. The second kappa shape index (κ2) is 5.00. The van der Waals surface area contributed by atoms with Crippen molar-refractivity contribution in [3.05, 3.63) is 53.1 Å². The molecule has 0 aliphatic rings. The maximum Gasteiger partial charge on any atom is 0.337 e. The first-order valence-electron chi connectivity index (χ1n) is 5.47. The van der Waals surface area contributed by atoms with Gasteiger partial charge in [0.1, 0.15) is 5.82 Å². The number of hydrogen-bond acceptors (Lipinski definition) is 3. The van der Waals surface area contributed by atoms with E-state index in [1.54, 1.807) is 10.9 Å². The van der Waals surface area contributed by atoms with E-state index in [2.05, 4.69) is 9.84 Å². The summed E-state index contributed by atoms with van der Waals surface area (Å²) in [6, 6.07) is 5.98. The zero-order valence-corrected chi connectivity index (χ0v) is 10.2. The summed E-state index contributed by atoms with van der Waals surface area (Å²) >= 11 is 0. The van der Waals surface area contributed by atoms with Gasteiger partial charge in [-0.05, 0) is 31.2 Å². The Morgan fingerprint density at radius 3 is 2.83 bits per heavy atom. The van der Waals surface area contributed by atoms with Crippen LogP contribution in [0, 0.1) is 12.7 Å². The summed E-state index contributed by atoms with van der Waals surface area (Å²) in [7, 11) is 1.29. The second-order valence-electron chi connectivity index (χ2n) is 3.95. The maximum atomic E-state index is 13.6. The van der Waals surface area contributed by atoms with Gasteiger partial charge in [0.15, 0.2) is 0 Å². The fourth-order valence-electron chi connectivity index (χ4n) is 1.67. The number of aryl methyl sites for hydroxylation is 1. The highest BCUT2D eigenvalue weighted by atomic mass is 19.1. The Morgan fingerprint density at radius 1 is 1.44 bits per heavy atom. The maximum absolute atomic E-state index is 13.6. The molecule has 0 radical (unpaired) electrons. The Balaban J connectivity index is 2.29. The molecule has 0 bridgehead atoms. The minimum absolute atomic E-state index is 0.282. The third kappa shape index (κ3) is 2.56. The molecule has 18 heavy (non-hydrogen) atoms. The molecule has 1 aromatic carbocycles. The molecule has 0 saturated carbocycles. The summed E-state index contributed by atoms with van der Waals surface area (Å²) in [5, 5.41) is 4.18. The highest BCUT2D eigenvalue weighted by molar-refractivity contribution is 5.89. The first kappa shape index (κ1) is 12.3. The van der Waals surface area contributed by atoms with Gasteiger partial charge in [0.25, 0.3) is 0 Å². The van der Waals surface area contributed by atoms with Crippen molar-refractivity contribution >= 4 is 5.97 Å². The molecule has 0 N–H and O–H groups in total. The standard InChI is InChI=1S/C13H13FN2O2/c1-9-5-6-16(15-9)8-11-7-10(13(17)18-2)3-4-12(11)14/h3-7H,8H2,1-2H3. The third-order valence-electron chi connectivity index (χ3n) is 2.57. The van der Waals surface area contributed by atoms with E-state index in [1.165, 1.54) is 25.3 Å². The Kier molecular flexibility index (Phi) is 3.41. The lowest BCUT2D eigenvalue weighted by molar-refractivity contribution is 0.0600. The minimum Gasteiger partial charge on any atom is -0.465 e. The van der Waals surface area contributed by atoms with E-state index in [0.717, 1.165) is 5.69 Å². The molecule has 5 heteroatoms. The van der Waals surface area contributed by atoms with Crippen LogP contribution in [0.1, 0.15) is 21.6 Å². The van der Waals surface area contributed by atoms with Gasteiger partial charge in [-0.3, -0.25) is 4.68 Å². The number of hydrogen-bond donors (Lipinski definition) is 0. The number of nitrogens with zero attached hydrogens (tertiary/aromatic N) is 2. The minimum atomic E-state index is -0.479. The van der Waals surface area contributed by atoms with Crippen molar-refractivity contribution in [2.24, 2.45) is 0 Å². The molecule has 94 valence electrons. The van der Waals surface area contributed by atoms with E-state index < -0.39 is 5.97 Å². The van der Waals surface area contributed by atoms with Crippen LogP contribution in [0.2, 0.25) is 0 Å². The molecule has 0 amide bonds. The van der Waals surface area contributed by atoms with Crippen LogP contribution in [0.15, 0.2) is 30.5 Å². The van der Waals surface area contributed by atoms with Gasteiger partial charge in [0.05, 0.1) is 24.9 Å². The molecular formula is C13H13FN2O2. The normalized spacial score (nSPS) is 10.4. The smallest absolute Gasteiger partial charge is 0.337 e. The van der Waals surface area contributed by atoms with Crippen molar-refractivity contribution < 1.29 is 13.9 Å². The molecule has 0 aliphatic carbocycles. The van der Waals surface area contributed by atoms with Crippen LogP contribution >= 0.6 is 0 Å². The number of carbonyl (C=O) groups is 1. The molecule has 2 rings (SSSR count). The van der Waals surface area contributed by atoms with Gasteiger partial charge < -0.3 is 4.74 Å². The summed E-state index contributed by atoms with van der Waals surface area (Å²) < 4.78 is 19.9. The molecule has 4 nitrogen and oxygen atoms in total. The molecule has 1 aromatic heterocycles. The van der Waals surface area contributed by atoms with Gasteiger partial charge in [-0.2, -0.15) is 5.10 Å². The molecule has 2 aromatic rings. The van der Waals surface area contributed by atoms with Gasteiger partial charge in [0.2, 0.25) is 0 Å². The first-order valence-corrected chi connectivity index (χ1v) is 5.47. The lowest BCUT2D eigenvalue weighted by atomic mass is 10.1. The molecule has 1 heterocycles. The Labute approximate surface area is 104 Å². The molecule has 0 saturated heterocycles. The Morgan fingerprint density at radius 2 is 2.22 bits per heavy atom. The van der Waals surface area contributed by atoms with E-state index in [1.807, 2.05) is 13.0 Å². The monoisotopic (exact) mass is 248 g/mol. The molecule has 0 fully saturated rings. The van der Waals surface area contributed by atoms with Crippen LogP contribution in [-0.4, -0.2) is 22.9 Å². The van der Waals surface area contributed by atoms with Crippen molar-refractivity contribution in [2.75, 3.05) is 7.11 Å². The van der Waals surface area contributed by atoms with E-state index in [-0.39, 0.29) is 12.4 Å². The Bertz CT molecular complexity index is 578. The number of rotatable bonds is 3. The molecule has 0 aliphatic heterocycles. The number of aromatic nitrogens is 2. The number of methoxy groups -OCH3 is 1. The molecule has 0 unspecified atom stereocenters. The second-order valence-corrected chi connectivity index (χ2v) is 3.95. The van der Waals surface area contributed by atoms with Gasteiger partial charge in [0, 0.05) is 11.8 Å². The van der Waals surface area contributed by atoms with Crippen molar-refractivity contribution in [2.45, 2.75) is 13.5 Å². The zero-order chi connectivity index (χ0) is 13.1. The number of ether oxygens (including phenoxy) is 1. The summed E-state index contributed by atoms with van der Waals surface area (Å²) in [4.78, 5) is 11.4. The average molecular weight is 248 g/mol. The summed E-state index contributed by atoms with van der Waals surface area (Å²) in [5.74, 6) is -0.844. The summed E-state index contributed by atoms with van der Waals surface area (Å²) in [5.41, 5.74) is 1.60. The van der Waals surface area contributed by atoms with Gasteiger partial charge in [-0.15, -0.1) is 0 Å². The van der Waals surface area contributed by atoms with Crippen LogP contribution in [0.5, 0.6) is 0 Å². The largest absolute Gasteiger partial charge is 0.465 e. The predicted octanol–water partition coefficient (Wildman–Crippen LogP) is 2.17. The highest BCUT2D eigenvalue weighted by Crippen LogP contribution is 2.13. The number of esters is 1. The van der Waals surface area contributed by atoms with E-state index >= 15 is 0 Å². The van der Waals surface area contributed by atoms with Gasteiger partial charge in [-0.1, -0.05) is 0 Å². The van der Waals surface area contributed by atoms with Crippen molar-refractivity contribution in [3.63, 3.8) is 0 Å².